The highest BCUT2D eigenvalue weighted by Crippen LogP contribution is 2.24. The molecule has 0 spiro atoms. The maximum Gasteiger partial charge on any atom is 0.257 e. The predicted octanol–water partition coefficient (Wildman–Crippen LogP) is 6.97. The molecule has 1 atom stereocenters. The molecule has 0 aromatic heterocycles. The monoisotopic (exact) mass is 628 g/mol. The van der Waals surface area contributed by atoms with Crippen LogP contribution in [0.25, 0.3) is 6.08 Å². The summed E-state index contributed by atoms with van der Waals surface area (Å²) in [5.41, 5.74) is 3.12. The lowest BCUT2D eigenvalue weighted by Gasteiger charge is -2.22. The Morgan fingerprint density at radius 2 is 1.56 bits per heavy atom. The molecule has 0 radical (unpaired) electrons. The Morgan fingerprint density at radius 3 is 2.22 bits per heavy atom. The number of aryl methyl sites for hydroxylation is 1. The summed E-state index contributed by atoms with van der Waals surface area (Å²) >= 11 is 0. The first-order valence-electron chi connectivity index (χ1n) is 14.7. The number of carbonyl (C=O) groups is 2. The lowest BCUT2D eigenvalue weighted by Crippen LogP contribution is -2.31. The fourth-order valence-corrected chi connectivity index (χ4v) is 5.55. The average Bonchev–Trinajstić information content (AvgIpc) is 3.02. The van der Waals surface area contributed by atoms with Crippen LogP contribution in [-0.4, -0.2) is 20.2 Å². The van der Waals surface area contributed by atoms with Crippen molar-refractivity contribution in [2.45, 2.75) is 45.8 Å². The molecular formula is C36H37FN2O5S. The van der Waals surface area contributed by atoms with E-state index in [1.807, 2.05) is 56.3 Å². The van der Waals surface area contributed by atoms with Gasteiger partial charge in [0.1, 0.15) is 18.2 Å². The van der Waals surface area contributed by atoms with E-state index in [0.29, 0.717) is 28.9 Å². The minimum absolute atomic E-state index is 0.123. The van der Waals surface area contributed by atoms with Crippen LogP contribution >= 0.6 is 0 Å². The van der Waals surface area contributed by atoms with Gasteiger partial charge in [-0.25, -0.2) is 17.5 Å². The van der Waals surface area contributed by atoms with Crippen LogP contribution in [0.5, 0.6) is 5.75 Å². The van der Waals surface area contributed by atoms with Crippen molar-refractivity contribution < 1.29 is 27.1 Å². The van der Waals surface area contributed by atoms with Gasteiger partial charge in [0.05, 0.1) is 11.4 Å². The fraction of sp³-hybridized carbons (Fsp3) is 0.222. The van der Waals surface area contributed by atoms with Crippen molar-refractivity contribution in [1.82, 2.24) is 10.0 Å². The summed E-state index contributed by atoms with van der Waals surface area (Å²) in [5.74, 6) is -0.496. The van der Waals surface area contributed by atoms with Crippen molar-refractivity contribution in [3.8, 4) is 5.75 Å². The smallest absolute Gasteiger partial charge is 0.257 e. The quantitative estimate of drug-likeness (QED) is 0.157. The normalized spacial score (nSPS) is 12.2. The molecule has 45 heavy (non-hydrogen) atoms. The minimum Gasteiger partial charge on any atom is -0.489 e. The number of benzene rings is 4. The summed E-state index contributed by atoms with van der Waals surface area (Å²) in [4.78, 5) is 26.5. The van der Waals surface area contributed by atoms with Gasteiger partial charge in [0, 0.05) is 12.0 Å². The number of para-hydroxylation sites is 1. The highest BCUT2D eigenvalue weighted by molar-refractivity contribution is 7.93. The van der Waals surface area contributed by atoms with Crippen LogP contribution in [0.3, 0.4) is 0 Å². The minimum atomic E-state index is -4.01. The summed E-state index contributed by atoms with van der Waals surface area (Å²) in [6, 6.07) is 29.1. The van der Waals surface area contributed by atoms with Crippen molar-refractivity contribution in [3.05, 3.63) is 142 Å². The Kier molecular flexibility index (Phi) is 11.6. The summed E-state index contributed by atoms with van der Waals surface area (Å²) in [6.07, 6.45) is 1.99. The zero-order valence-corrected chi connectivity index (χ0v) is 26.1. The Bertz CT molecular complexity index is 1710. The molecule has 0 saturated heterocycles. The van der Waals surface area contributed by atoms with Gasteiger partial charge in [-0.3, -0.25) is 9.59 Å². The van der Waals surface area contributed by atoms with Crippen molar-refractivity contribution in [2.75, 3.05) is 0 Å². The van der Waals surface area contributed by atoms with Gasteiger partial charge in [-0.15, -0.1) is 0 Å². The first kappa shape index (κ1) is 33.1. The van der Waals surface area contributed by atoms with E-state index in [0.717, 1.165) is 16.5 Å². The van der Waals surface area contributed by atoms with Gasteiger partial charge in [-0.05, 0) is 77.4 Å². The maximum absolute atomic E-state index is 13.8. The van der Waals surface area contributed by atoms with Gasteiger partial charge in [0.15, 0.2) is 0 Å². The van der Waals surface area contributed by atoms with Gasteiger partial charge >= 0.3 is 0 Å². The molecule has 2 N–H and O–H groups in total. The highest BCUT2D eigenvalue weighted by atomic mass is 32.2. The molecular weight excluding hydrogens is 591 g/mol. The number of sulfonamides is 1. The van der Waals surface area contributed by atoms with Crippen molar-refractivity contribution >= 4 is 27.9 Å². The molecule has 234 valence electrons. The first-order chi connectivity index (χ1) is 21.6. The Hall–Kier alpha value is -4.76. The van der Waals surface area contributed by atoms with Crippen LogP contribution in [0.2, 0.25) is 0 Å². The molecule has 1 unspecified atom stereocenters. The number of rotatable bonds is 14. The summed E-state index contributed by atoms with van der Waals surface area (Å²) in [6.45, 7) is 4.29. The van der Waals surface area contributed by atoms with Gasteiger partial charge in [0.25, 0.3) is 15.9 Å². The van der Waals surface area contributed by atoms with E-state index >= 15 is 0 Å². The number of amides is 2. The van der Waals surface area contributed by atoms with E-state index in [1.165, 1.54) is 18.2 Å². The summed E-state index contributed by atoms with van der Waals surface area (Å²) in [5, 5.41) is 4.04. The topological polar surface area (TPSA) is 102 Å². The molecule has 0 aliphatic carbocycles. The molecule has 0 aliphatic rings. The number of hydrogen-bond acceptors (Lipinski definition) is 5. The second kappa shape index (κ2) is 15.8. The van der Waals surface area contributed by atoms with Crippen LogP contribution in [0, 0.1) is 11.7 Å². The van der Waals surface area contributed by atoms with E-state index in [9.17, 15) is 22.4 Å². The predicted molar refractivity (Wildman–Crippen MR) is 174 cm³/mol. The molecule has 4 rings (SSSR count). The third-order valence-electron chi connectivity index (χ3n) is 6.97. The van der Waals surface area contributed by atoms with Crippen LogP contribution in [-0.2, 0) is 27.8 Å². The Morgan fingerprint density at radius 1 is 0.889 bits per heavy atom. The number of halogens is 1. The SMILES string of the molecule is CC(C)CC(NC(=O)c1cc(COc2ccccc2)ccc1CCC(=O)NS(=O)(=O)/C=C/c1ccccc1)c1ccc(F)cc1. The molecule has 2 amide bonds. The van der Waals surface area contributed by atoms with Gasteiger partial charge in [-0.2, -0.15) is 0 Å². The number of hydrogen-bond donors (Lipinski definition) is 2. The van der Waals surface area contributed by atoms with Crippen LogP contribution in [0.4, 0.5) is 4.39 Å². The van der Waals surface area contributed by atoms with E-state index in [1.54, 1.807) is 48.5 Å². The molecule has 9 heteroatoms. The second-order valence-corrected chi connectivity index (χ2v) is 12.7. The van der Waals surface area contributed by atoms with E-state index in [4.69, 9.17) is 4.74 Å². The van der Waals surface area contributed by atoms with E-state index in [2.05, 4.69) is 10.0 Å². The largest absolute Gasteiger partial charge is 0.489 e. The maximum atomic E-state index is 13.8. The van der Waals surface area contributed by atoms with E-state index < -0.39 is 15.9 Å². The Balaban J connectivity index is 1.52. The molecule has 4 aromatic carbocycles. The highest BCUT2D eigenvalue weighted by Gasteiger charge is 2.21. The number of carbonyl (C=O) groups excluding carboxylic acids is 2. The number of nitrogens with one attached hydrogen (secondary N) is 2. The van der Waals surface area contributed by atoms with Gasteiger partial charge in [0.2, 0.25) is 5.91 Å². The lowest BCUT2D eigenvalue weighted by molar-refractivity contribution is -0.119. The molecule has 7 nitrogen and oxygen atoms in total. The molecule has 0 heterocycles. The molecule has 0 saturated carbocycles. The lowest BCUT2D eigenvalue weighted by atomic mass is 9.95. The molecule has 4 aromatic rings. The number of ether oxygens (including phenoxy) is 1. The summed E-state index contributed by atoms with van der Waals surface area (Å²) < 4.78 is 46.5. The second-order valence-electron chi connectivity index (χ2n) is 11.1. The first-order valence-corrected chi connectivity index (χ1v) is 16.3. The fourth-order valence-electron chi connectivity index (χ4n) is 4.73. The van der Waals surface area contributed by atoms with Gasteiger partial charge < -0.3 is 10.1 Å². The third kappa shape index (κ3) is 10.7. The van der Waals surface area contributed by atoms with Crippen molar-refractivity contribution in [1.29, 1.82) is 0 Å². The third-order valence-corrected chi connectivity index (χ3v) is 7.98. The zero-order valence-electron chi connectivity index (χ0n) is 25.3. The molecule has 0 fully saturated rings. The van der Waals surface area contributed by atoms with Crippen LogP contribution in [0.1, 0.15) is 65.3 Å². The average molecular weight is 629 g/mol. The van der Waals surface area contributed by atoms with Crippen molar-refractivity contribution in [3.63, 3.8) is 0 Å². The van der Waals surface area contributed by atoms with Crippen molar-refractivity contribution in [2.24, 2.45) is 5.92 Å². The van der Waals surface area contributed by atoms with E-state index in [-0.39, 0.29) is 43.1 Å². The standard InChI is InChI=1S/C36H37FN2O5S/c1-26(2)23-34(30-15-18-31(37)19-16-30)38-36(41)33-24-28(25-44-32-11-7-4-8-12-32)13-14-29(33)17-20-35(40)39-45(42,43)22-21-27-9-5-3-6-10-27/h3-16,18-19,21-22,24,26,34H,17,20,23,25H2,1-2H3,(H,38,41)(H,39,40)/b22-21+. The summed E-state index contributed by atoms with van der Waals surface area (Å²) in [7, 11) is -4.01. The van der Waals surface area contributed by atoms with Crippen LogP contribution in [0.15, 0.2) is 109 Å². The van der Waals surface area contributed by atoms with Crippen LogP contribution < -0.4 is 14.8 Å². The Labute approximate surface area is 264 Å². The molecule has 0 bridgehead atoms. The molecule has 0 aliphatic heterocycles. The van der Waals surface area contributed by atoms with Gasteiger partial charge in [-0.1, -0.05) is 86.6 Å². The zero-order chi connectivity index (χ0) is 32.2.